The summed E-state index contributed by atoms with van der Waals surface area (Å²) in [5, 5.41) is 5.06. The molecule has 1 heteroatoms. The van der Waals surface area contributed by atoms with Crippen molar-refractivity contribution in [1.82, 2.24) is 0 Å². The summed E-state index contributed by atoms with van der Waals surface area (Å²) in [6.07, 6.45) is 5.69. The van der Waals surface area contributed by atoms with Crippen LogP contribution in [-0.2, 0) is 5.41 Å². The van der Waals surface area contributed by atoms with E-state index in [0.29, 0.717) is 0 Å². The predicted molar refractivity (Wildman–Crippen MR) is 233 cm³/mol. The fraction of sp³-hybridized carbons (Fsp3) is 0.0566. The maximum Gasteiger partial charge on any atom is 0.0465 e. The molecule has 0 spiro atoms. The van der Waals surface area contributed by atoms with Gasteiger partial charge in [0.05, 0.1) is 0 Å². The molecule has 0 unspecified atom stereocenters. The van der Waals surface area contributed by atoms with Gasteiger partial charge in [-0.25, -0.2) is 0 Å². The average molecular weight is 692 g/mol. The lowest BCUT2D eigenvalue weighted by Gasteiger charge is -2.28. The Morgan fingerprint density at radius 2 is 1.13 bits per heavy atom. The number of anilines is 3. The Balaban J connectivity index is 1.15. The lowest BCUT2D eigenvalue weighted by atomic mass is 9.82. The van der Waals surface area contributed by atoms with Crippen LogP contribution in [0.3, 0.4) is 0 Å². The summed E-state index contributed by atoms with van der Waals surface area (Å²) in [7, 11) is 0. The van der Waals surface area contributed by atoms with E-state index in [0.717, 1.165) is 28.2 Å². The highest BCUT2D eigenvalue weighted by Crippen LogP contribution is 2.50. The molecule has 54 heavy (non-hydrogen) atoms. The molecule has 0 N–H and O–H groups in total. The third-order valence-electron chi connectivity index (χ3n) is 11.2. The highest BCUT2D eigenvalue weighted by atomic mass is 15.1. The van der Waals surface area contributed by atoms with Crippen molar-refractivity contribution in [3.05, 3.63) is 218 Å². The summed E-state index contributed by atoms with van der Waals surface area (Å²) < 4.78 is 0. The van der Waals surface area contributed by atoms with Crippen LogP contribution in [0.1, 0.15) is 30.5 Å². The molecular formula is C53H41N. The molecule has 8 aromatic carbocycles. The minimum absolute atomic E-state index is 0.102. The van der Waals surface area contributed by atoms with Crippen molar-refractivity contribution in [2.45, 2.75) is 19.3 Å². The molecule has 1 aliphatic carbocycles. The lowest BCUT2D eigenvalue weighted by Crippen LogP contribution is -2.16. The van der Waals surface area contributed by atoms with Crippen LogP contribution in [-0.4, -0.2) is 0 Å². The summed E-state index contributed by atoms with van der Waals surface area (Å²) in [6.45, 7) is 12.6. The topological polar surface area (TPSA) is 3.24 Å². The van der Waals surface area contributed by atoms with Crippen LogP contribution in [0.2, 0.25) is 0 Å². The Hall–Kier alpha value is -6.70. The number of hydrogen-bond acceptors (Lipinski definition) is 1. The molecule has 0 bridgehead atoms. The van der Waals surface area contributed by atoms with E-state index < -0.39 is 0 Å². The van der Waals surface area contributed by atoms with Crippen LogP contribution < -0.4 is 4.90 Å². The molecule has 258 valence electrons. The van der Waals surface area contributed by atoms with Crippen molar-refractivity contribution < 1.29 is 0 Å². The fourth-order valence-corrected chi connectivity index (χ4v) is 8.43. The maximum absolute atomic E-state index is 4.03. The summed E-state index contributed by atoms with van der Waals surface area (Å²) in [4.78, 5) is 2.37. The molecule has 0 amide bonds. The van der Waals surface area contributed by atoms with Gasteiger partial charge in [-0.2, -0.15) is 0 Å². The van der Waals surface area contributed by atoms with Gasteiger partial charge in [0.1, 0.15) is 0 Å². The van der Waals surface area contributed by atoms with Crippen LogP contribution in [0.15, 0.2) is 201 Å². The molecular weight excluding hydrogens is 651 g/mol. The van der Waals surface area contributed by atoms with Gasteiger partial charge >= 0.3 is 0 Å². The van der Waals surface area contributed by atoms with Gasteiger partial charge in [-0.05, 0) is 126 Å². The number of rotatable bonds is 8. The van der Waals surface area contributed by atoms with Gasteiger partial charge in [0.2, 0.25) is 0 Å². The van der Waals surface area contributed by atoms with Crippen molar-refractivity contribution in [2.24, 2.45) is 0 Å². The normalized spacial score (nSPS) is 13.0. The van der Waals surface area contributed by atoms with Gasteiger partial charge in [0, 0.05) is 22.5 Å². The first-order chi connectivity index (χ1) is 26.4. The monoisotopic (exact) mass is 691 g/mol. The van der Waals surface area contributed by atoms with Crippen molar-refractivity contribution in [1.29, 1.82) is 0 Å². The minimum Gasteiger partial charge on any atom is -0.310 e. The first-order valence-electron chi connectivity index (χ1n) is 18.7. The fourth-order valence-electron chi connectivity index (χ4n) is 8.43. The standard InChI is InChI=1S/C53H41N/c1-5-14-36(6-2)37-21-26-42(27-22-37)54(44-30-32-48-47-19-12-13-20-51(47)53(3,4)52(48)35-44)43-28-23-38(24-29-43)40-25-31-46-45-18-11-10-17-41(45)34-49(50(46)33-40)39-15-8-7-9-16-39/h5-35H,1-2H2,3-4H3/b36-14+. The quantitative estimate of drug-likeness (QED) is 0.113. The highest BCUT2D eigenvalue weighted by Gasteiger charge is 2.35. The van der Waals surface area contributed by atoms with Crippen LogP contribution >= 0.6 is 0 Å². The molecule has 1 nitrogen and oxygen atoms in total. The molecule has 0 atom stereocenters. The number of allylic oxidation sites excluding steroid dienone is 4. The molecule has 0 heterocycles. The SMILES string of the molecule is C=C/C=C(\C=C)c1ccc(N(c2ccc(-c3ccc4c(c3)c(-c3ccccc3)cc3ccccc34)cc2)c2ccc3c(c2)C(C)(C)c2ccccc2-3)cc1. The zero-order valence-electron chi connectivity index (χ0n) is 30.8. The van der Waals surface area contributed by atoms with Gasteiger partial charge in [-0.3, -0.25) is 0 Å². The summed E-state index contributed by atoms with van der Waals surface area (Å²) >= 11 is 0. The smallest absolute Gasteiger partial charge is 0.0465 e. The molecule has 0 radical (unpaired) electrons. The Labute approximate surface area is 318 Å². The van der Waals surface area contributed by atoms with Gasteiger partial charge in [-0.1, -0.05) is 167 Å². The molecule has 1 aliphatic rings. The second-order valence-corrected chi connectivity index (χ2v) is 14.7. The van der Waals surface area contributed by atoms with E-state index in [4.69, 9.17) is 0 Å². The van der Waals surface area contributed by atoms with E-state index in [1.54, 1.807) is 0 Å². The molecule has 0 saturated carbocycles. The van der Waals surface area contributed by atoms with Crippen LogP contribution in [0.5, 0.6) is 0 Å². The highest BCUT2D eigenvalue weighted by molar-refractivity contribution is 6.14. The number of benzene rings is 8. The van der Waals surface area contributed by atoms with Crippen LogP contribution in [0.4, 0.5) is 17.1 Å². The minimum atomic E-state index is -0.102. The zero-order valence-corrected chi connectivity index (χ0v) is 30.8. The molecule has 0 aromatic heterocycles. The third kappa shape index (κ3) is 5.57. The Bertz CT molecular complexity index is 2750. The van der Waals surface area contributed by atoms with E-state index >= 15 is 0 Å². The number of nitrogens with zero attached hydrogens (tertiary/aromatic N) is 1. The first kappa shape index (κ1) is 33.2. The zero-order chi connectivity index (χ0) is 36.8. The number of fused-ring (bicyclic) bond motifs is 6. The van der Waals surface area contributed by atoms with E-state index in [9.17, 15) is 0 Å². The van der Waals surface area contributed by atoms with Crippen molar-refractivity contribution in [2.75, 3.05) is 4.90 Å². The third-order valence-corrected chi connectivity index (χ3v) is 11.2. The largest absolute Gasteiger partial charge is 0.310 e. The van der Waals surface area contributed by atoms with E-state index in [1.807, 2.05) is 18.2 Å². The summed E-state index contributed by atoms with van der Waals surface area (Å²) in [5.41, 5.74) is 15.6. The maximum atomic E-state index is 4.03. The number of hydrogen-bond donors (Lipinski definition) is 0. The molecule has 0 aliphatic heterocycles. The Kier molecular flexibility index (Phi) is 8.21. The molecule has 0 saturated heterocycles. The second kappa shape index (κ2) is 13.4. The van der Waals surface area contributed by atoms with E-state index in [1.165, 1.54) is 66.1 Å². The summed E-state index contributed by atoms with van der Waals surface area (Å²) in [5.74, 6) is 0. The Morgan fingerprint density at radius 1 is 0.481 bits per heavy atom. The van der Waals surface area contributed by atoms with Crippen molar-refractivity contribution in [3.63, 3.8) is 0 Å². The molecule has 9 rings (SSSR count). The summed E-state index contributed by atoms with van der Waals surface area (Å²) in [6, 6.07) is 62.3. The van der Waals surface area contributed by atoms with Gasteiger partial charge < -0.3 is 4.90 Å². The molecule has 8 aromatic rings. The second-order valence-electron chi connectivity index (χ2n) is 14.7. The average Bonchev–Trinajstić information content (AvgIpc) is 3.45. The van der Waals surface area contributed by atoms with Gasteiger partial charge in [0.15, 0.2) is 0 Å². The van der Waals surface area contributed by atoms with Crippen molar-refractivity contribution in [3.8, 4) is 33.4 Å². The first-order valence-corrected chi connectivity index (χ1v) is 18.7. The van der Waals surface area contributed by atoms with Crippen molar-refractivity contribution >= 4 is 44.2 Å². The van der Waals surface area contributed by atoms with Crippen LogP contribution in [0.25, 0.3) is 60.5 Å². The van der Waals surface area contributed by atoms with E-state index in [-0.39, 0.29) is 5.41 Å². The van der Waals surface area contributed by atoms with E-state index in [2.05, 4.69) is 202 Å². The van der Waals surface area contributed by atoms with Gasteiger partial charge in [-0.15, -0.1) is 0 Å². The van der Waals surface area contributed by atoms with Crippen LogP contribution in [0, 0.1) is 0 Å². The predicted octanol–water partition coefficient (Wildman–Crippen LogP) is 14.9. The Morgan fingerprint density at radius 3 is 1.89 bits per heavy atom. The molecule has 0 fully saturated rings. The van der Waals surface area contributed by atoms with Gasteiger partial charge in [0.25, 0.3) is 0 Å². The lowest BCUT2D eigenvalue weighted by molar-refractivity contribution is 0.660.